The summed E-state index contributed by atoms with van der Waals surface area (Å²) in [5.41, 5.74) is 3.42. The van der Waals surface area contributed by atoms with Crippen molar-refractivity contribution in [1.82, 2.24) is 4.68 Å². The Morgan fingerprint density at radius 2 is 1.88 bits per heavy atom. The third-order valence-electron chi connectivity index (χ3n) is 4.09. The number of anilines is 1. The van der Waals surface area contributed by atoms with E-state index in [2.05, 4.69) is 5.43 Å². The van der Waals surface area contributed by atoms with Crippen molar-refractivity contribution < 1.29 is 9.18 Å². The normalized spacial score (nSPS) is 15.5. The summed E-state index contributed by atoms with van der Waals surface area (Å²) in [7, 11) is 0. The summed E-state index contributed by atoms with van der Waals surface area (Å²) < 4.78 is 14.3. The number of nitriles is 1. The summed E-state index contributed by atoms with van der Waals surface area (Å²) in [5, 5.41) is 9.18. The Bertz CT molecular complexity index is 921. The molecule has 0 spiro atoms. The van der Waals surface area contributed by atoms with Crippen molar-refractivity contribution in [2.75, 3.05) is 5.43 Å². The molecule has 6 heteroatoms. The molecule has 1 aromatic heterocycles. The number of hydrogen-bond donors (Lipinski definition) is 1. The number of Topliss-reactive ketones (excluding diaryl/α,β-unsaturated/α-hetero) is 1. The zero-order valence-electron chi connectivity index (χ0n) is 13.4. The van der Waals surface area contributed by atoms with Crippen LogP contribution in [0, 0.1) is 22.6 Å². The molecule has 1 aromatic carbocycles. The highest BCUT2D eigenvalue weighted by Crippen LogP contribution is 2.34. The average molecular weight is 325 g/mol. The molecule has 0 bridgehead atoms. The molecule has 1 N–H and O–H groups in total. The van der Waals surface area contributed by atoms with E-state index in [4.69, 9.17) is 0 Å². The van der Waals surface area contributed by atoms with Crippen molar-refractivity contribution in [2.24, 2.45) is 5.41 Å². The predicted molar refractivity (Wildman–Crippen MR) is 87.3 cm³/mol. The van der Waals surface area contributed by atoms with Gasteiger partial charge in [-0.15, -0.1) is 0 Å². The van der Waals surface area contributed by atoms with Crippen LogP contribution in [0.2, 0.25) is 0 Å². The van der Waals surface area contributed by atoms with Crippen molar-refractivity contribution in [3.05, 3.63) is 63.3 Å². The summed E-state index contributed by atoms with van der Waals surface area (Å²) in [6.45, 7) is 3.91. The van der Waals surface area contributed by atoms with Crippen molar-refractivity contribution in [2.45, 2.75) is 26.7 Å². The monoisotopic (exact) mass is 325 g/mol. The van der Waals surface area contributed by atoms with Gasteiger partial charge in [-0.25, -0.2) is 9.07 Å². The maximum Gasteiger partial charge on any atom is 0.287 e. The molecule has 1 heterocycles. The van der Waals surface area contributed by atoms with Gasteiger partial charge in [-0.3, -0.25) is 15.0 Å². The number of nitrogens with one attached hydrogen (secondary N) is 1. The number of rotatable bonds is 2. The van der Waals surface area contributed by atoms with Gasteiger partial charge in [0.25, 0.3) is 5.56 Å². The molecule has 0 saturated heterocycles. The maximum absolute atomic E-state index is 13.1. The summed E-state index contributed by atoms with van der Waals surface area (Å²) >= 11 is 0. The van der Waals surface area contributed by atoms with E-state index >= 15 is 0 Å². The van der Waals surface area contributed by atoms with Crippen molar-refractivity contribution >= 4 is 11.5 Å². The van der Waals surface area contributed by atoms with Gasteiger partial charge >= 0.3 is 0 Å². The molecule has 0 atom stereocenters. The number of halogens is 1. The van der Waals surface area contributed by atoms with E-state index in [1.807, 2.05) is 19.9 Å². The second-order valence-corrected chi connectivity index (χ2v) is 6.73. The van der Waals surface area contributed by atoms with Crippen LogP contribution in [-0.2, 0) is 6.42 Å². The van der Waals surface area contributed by atoms with E-state index in [0.717, 1.165) is 0 Å². The van der Waals surface area contributed by atoms with Crippen LogP contribution in [0.1, 0.15) is 41.9 Å². The fraction of sp³-hybridized carbons (Fsp3) is 0.278. The third kappa shape index (κ3) is 2.81. The highest BCUT2D eigenvalue weighted by molar-refractivity contribution is 5.99. The Kier molecular flexibility index (Phi) is 3.72. The summed E-state index contributed by atoms with van der Waals surface area (Å²) in [4.78, 5) is 25.0. The second kappa shape index (κ2) is 5.60. The van der Waals surface area contributed by atoms with Crippen LogP contribution in [0.25, 0.3) is 0 Å². The highest BCUT2D eigenvalue weighted by Gasteiger charge is 2.34. The number of ketones is 1. The highest BCUT2D eigenvalue weighted by atomic mass is 19.1. The number of benzene rings is 1. The average Bonchev–Trinajstić information content (AvgIpc) is 2.51. The van der Waals surface area contributed by atoms with Crippen LogP contribution < -0.4 is 11.0 Å². The van der Waals surface area contributed by atoms with E-state index in [1.165, 1.54) is 35.0 Å². The topological polar surface area (TPSA) is 74.9 Å². The van der Waals surface area contributed by atoms with Crippen LogP contribution in [0.15, 0.2) is 35.1 Å². The number of carbonyl (C=O) groups is 1. The van der Waals surface area contributed by atoms with Crippen molar-refractivity contribution in [3.8, 4) is 6.07 Å². The van der Waals surface area contributed by atoms with Crippen molar-refractivity contribution in [3.63, 3.8) is 0 Å². The maximum atomic E-state index is 13.1. The van der Waals surface area contributed by atoms with Gasteiger partial charge in [0.2, 0.25) is 0 Å². The molecule has 0 amide bonds. The van der Waals surface area contributed by atoms with Gasteiger partial charge in [-0.05, 0) is 42.2 Å². The quantitative estimate of drug-likeness (QED) is 0.921. The van der Waals surface area contributed by atoms with E-state index in [1.54, 1.807) is 0 Å². The predicted octanol–water partition coefficient (Wildman–Crippen LogP) is 2.89. The van der Waals surface area contributed by atoms with Gasteiger partial charge in [0, 0.05) is 12.0 Å². The lowest BCUT2D eigenvalue weighted by atomic mass is 9.75. The van der Waals surface area contributed by atoms with Crippen LogP contribution in [-0.4, -0.2) is 10.5 Å². The summed E-state index contributed by atoms with van der Waals surface area (Å²) in [6.07, 6.45) is 0.878. The fourth-order valence-electron chi connectivity index (χ4n) is 2.97. The lowest BCUT2D eigenvalue weighted by Gasteiger charge is -2.32. The summed E-state index contributed by atoms with van der Waals surface area (Å²) in [6, 6.07) is 8.72. The standard InChI is InChI=1S/C18H16FN3O2/c1-18(2)8-15-14(16(23)9-18)7-11(10-20)17(24)22(15)21-13-5-3-12(19)4-6-13/h3-7,21H,8-9H2,1-2H3. The van der Waals surface area contributed by atoms with Crippen LogP contribution in [0.4, 0.5) is 10.1 Å². The Labute approximate surface area is 138 Å². The van der Waals surface area contributed by atoms with E-state index in [9.17, 15) is 19.2 Å². The lowest BCUT2D eigenvalue weighted by molar-refractivity contribution is 0.0908. The first kappa shape index (κ1) is 15.9. The molecule has 24 heavy (non-hydrogen) atoms. The molecule has 0 aliphatic heterocycles. The first-order valence-corrected chi connectivity index (χ1v) is 7.55. The SMILES string of the molecule is CC1(C)CC(=O)c2cc(C#N)c(=O)n(Nc3ccc(F)cc3)c2C1. The molecule has 0 unspecified atom stereocenters. The molecule has 1 aliphatic rings. The van der Waals surface area contributed by atoms with E-state index in [-0.39, 0.29) is 16.8 Å². The molecule has 122 valence electrons. The molecule has 0 saturated carbocycles. The van der Waals surface area contributed by atoms with Gasteiger partial charge in [0.15, 0.2) is 5.78 Å². The molecular weight excluding hydrogens is 309 g/mol. The van der Waals surface area contributed by atoms with Gasteiger partial charge < -0.3 is 0 Å². The van der Waals surface area contributed by atoms with E-state index < -0.39 is 11.4 Å². The number of carbonyl (C=O) groups excluding carboxylic acids is 1. The second-order valence-electron chi connectivity index (χ2n) is 6.73. The minimum Gasteiger partial charge on any atom is -0.294 e. The largest absolute Gasteiger partial charge is 0.294 e. The minimum atomic E-state index is -0.522. The molecule has 0 fully saturated rings. The Morgan fingerprint density at radius 1 is 1.21 bits per heavy atom. The van der Waals surface area contributed by atoms with Crippen molar-refractivity contribution in [1.29, 1.82) is 5.26 Å². The van der Waals surface area contributed by atoms with Gasteiger partial charge in [-0.2, -0.15) is 5.26 Å². The van der Waals surface area contributed by atoms with Gasteiger partial charge in [0.05, 0.1) is 11.4 Å². The Hall–Kier alpha value is -2.94. The molecule has 2 aromatic rings. The van der Waals surface area contributed by atoms with Crippen LogP contribution >= 0.6 is 0 Å². The number of nitrogens with zero attached hydrogens (tertiary/aromatic N) is 2. The summed E-state index contributed by atoms with van der Waals surface area (Å²) in [5.74, 6) is -0.482. The molecule has 0 radical (unpaired) electrons. The molecule has 1 aliphatic carbocycles. The number of hydrogen-bond acceptors (Lipinski definition) is 4. The Morgan fingerprint density at radius 3 is 2.50 bits per heavy atom. The smallest absolute Gasteiger partial charge is 0.287 e. The lowest BCUT2D eigenvalue weighted by Crippen LogP contribution is -2.38. The fourth-order valence-corrected chi connectivity index (χ4v) is 2.97. The molecular formula is C18H16FN3O2. The molecule has 5 nitrogen and oxygen atoms in total. The first-order chi connectivity index (χ1) is 11.3. The minimum absolute atomic E-state index is 0.0904. The van der Waals surface area contributed by atoms with Crippen LogP contribution in [0.5, 0.6) is 0 Å². The molecule has 3 rings (SSSR count). The number of fused-ring (bicyclic) bond motifs is 1. The number of aromatic nitrogens is 1. The first-order valence-electron chi connectivity index (χ1n) is 7.55. The van der Waals surface area contributed by atoms with Gasteiger partial charge in [-0.1, -0.05) is 13.8 Å². The van der Waals surface area contributed by atoms with Gasteiger partial charge in [0.1, 0.15) is 17.4 Å². The third-order valence-corrected chi connectivity index (χ3v) is 4.09. The zero-order chi connectivity index (χ0) is 17.5. The van der Waals surface area contributed by atoms with E-state index in [0.29, 0.717) is 29.8 Å². The number of pyridine rings is 1. The zero-order valence-corrected chi connectivity index (χ0v) is 13.4. The van der Waals surface area contributed by atoms with Crippen LogP contribution in [0.3, 0.4) is 0 Å². The Balaban J connectivity index is 2.19.